The fourth-order valence-corrected chi connectivity index (χ4v) is 8.84. The summed E-state index contributed by atoms with van der Waals surface area (Å²) in [6.45, 7) is 0.132. The summed E-state index contributed by atoms with van der Waals surface area (Å²) < 4.78 is 80.9. The minimum Gasteiger partial charge on any atom is -0.387 e. The monoisotopic (exact) mass is 691 g/mol. The van der Waals surface area contributed by atoms with Gasteiger partial charge in [0, 0.05) is 6.54 Å². The molecule has 0 saturated carbocycles. The summed E-state index contributed by atoms with van der Waals surface area (Å²) in [6.07, 6.45) is -7.89. The van der Waals surface area contributed by atoms with Gasteiger partial charge in [-0.2, -0.15) is 13.1 Å². The van der Waals surface area contributed by atoms with Crippen molar-refractivity contribution in [3.8, 4) is 0 Å². The lowest BCUT2D eigenvalue weighted by Crippen LogP contribution is -2.45. The molecule has 0 amide bonds. The first-order chi connectivity index (χ1) is 21.3. The molecule has 0 radical (unpaired) electrons. The molecule has 242 valence electrons. The van der Waals surface area contributed by atoms with Crippen LogP contribution in [0.4, 0.5) is 10.2 Å². The molecular formula is C20H23FN11O10PS2. The summed E-state index contributed by atoms with van der Waals surface area (Å²) in [6, 6.07) is 0. The number of anilines is 1. The lowest BCUT2D eigenvalue weighted by molar-refractivity contribution is -0.0223. The molecule has 3 fully saturated rings. The van der Waals surface area contributed by atoms with Gasteiger partial charge in [0.1, 0.15) is 47.5 Å². The molecular weight excluding hydrogens is 668 g/mol. The number of aromatic amines is 1. The number of imidazole rings is 1. The Labute approximate surface area is 254 Å². The molecule has 3 aliphatic heterocycles. The average Bonchev–Trinajstić information content (AvgIpc) is 3.72. The number of thioether (sulfide) groups is 1. The predicted octanol–water partition coefficient (Wildman–Crippen LogP) is -1.81. The molecule has 25 heteroatoms. The van der Waals surface area contributed by atoms with Crippen LogP contribution in [0.25, 0.3) is 22.3 Å². The Bertz CT molecular complexity index is 2010. The number of nitrogens with one attached hydrogen (secondary N) is 2. The Balaban J connectivity index is 1.17. The van der Waals surface area contributed by atoms with E-state index in [2.05, 4.69) is 40.0 Å². The number of nitrogens with zero attached hydrogens (tertiary/aromatic N) is 8. The smallest absolute Gasteiger partial charge is 0.387 e. The van der Waals surface area contributed by atoms with Crippen LogP contribution in [0.2, 0.25) is 0 Å². The van der Waals surface area contributed by atoms with Gasteiger partial charge in [0.25, 0.3) is 5.56 Å². The highest BCUT2D eigenvalue weighted by molar-refractivity contribution is 8.00. The number of ether oxygens (including phenoxy) is 1. The van der Waals surface area contributed by atoms with Gasteiger partial charge in [0.05, 0.1) is 18.2 Å². The fourth-order valence-electron chi connectivity index (χ4n) is 5.28. The molecule has 21 nitrogen and oxygen atoms in total. The number of phosphoric acid groups is 1. The maximum absolute atomic E-state index is 15.9. The molecule has 0 aliphatic carbocycles. The van der Waals surface area contributed by atoms with Crippen molar-refractivity contribution in [3.05, 3.63) is 28.8 Å². The Morgan fingerprint density at radius 2 is 2.02 bits per heavy atom. The summed E-state index contributed by atoms with van der Waals surface area (Å²) in [4.78, 5) is 41.5. The molecule has 0 spiro atoms. The van der Waals surface area contributed by atoms with Gasteiger partial charge in [0.15, 0.2) is 35.0 Å². The number of hydrogen-bond donors (Lipinski definition) is 5. The molecule has 0 aromatic carbocycles. The van der Waals surface area contributed by atoms with Crippen molar-refractivity contribution >= 4 is 58.0 Å². The number of nitrogen functional groups attached to an aromatic ring is 1. The third-order valence-electron chi connectivity index (χ3n) is 7.29. The third kappa shape index (κ3) is 5.39. The van der Waals surface area contributed by atoms with Crippen LogP contribution < -0.4 is 16.0 Å². The molecule has 45 heavy (non-hydrogen) atoms. The van der Waals surface area contributed by atoms with Crippen LogP contribution in [0, 0.1) is 6.92 Å². The van der Waals surface area contributed by atoms with Gasteiger partial charge in [-0.1, -0.05) is 5.21 Å². The van der Waals surface area contributed by atoms with E-state index in [1.54, 1.807) is 0 Å². The van der Waals surface area contributed by atoms with Gasteiger partial charge >= 0.3 is 18.1 Å². The summed E-state index contributed by atoms with van der Waals surface area (Å²) in [5, 5.41) is 16.6. The van der Waals surface area contributed by atoms with Gasteiger partial charge in [-0.15, -0.1) is 16.9 Å². The van der Waals surface area contributed by atoms with Crippen LogP contribution in [0.15, 0.2) is 17.4 Å². The summed E-state index contributed by atoms with van der Waals surface area (Å²) in [5.41, 5.74) is 5.31. The Morgan fingerprint density at radius 1 is 1.22 bits per heavy atom. The van der Waals surface area contributed by atoms with Crippen LogP contribution in [-0.2, 0) is 32.8 Å². The highest BCUT2D eigenvalue weighted by atomic mass is 32.2. The molecule has 9 atom stereocenters. The van der Waals surface area contributed by atoms with E-state index in [1.807, 2.05) is 0 Å². The van der Waals surface area contributed by atoms with E-state index in [0.717, 1.165) is 27.3 Å². The number of aryl methyl sites for hydroxylation is 1. The zero-order valence-electron chi connectivity index (χ0n) is 22.6. The van der Waals surface area contributed by atoms with Crippen LogP contribution >= 0.6 is 19.6 Å². The van der Waals surface area contributed by atoms with Gasteiger partial charge in [-0.25, -0.2) is 33.6 Å². The topological polar surface area (TPSA) is 287 Å². The highest BCUT2D eigenvalue weighted by Gasteiger charge is 2.53. The van der Waals surface area contributed by atoms with Crippen molar-refractivity contribution in [2.24, 2.45) is 0 Å². The van der Waals surface area contributed by atoms with Gasteiger partial charge in [-0.3, -0.25) is 22.6 Å². The zero-order valence-corrected chi connectivity index (χ0v) is 25.2. The Kier molecular flexibility index (Phi) is 7.42. The van der Waals surface area contributed by atoms with Gasteiger partial charge < -0.3 is 25.5 Å². The number of halogens is 1. The molecule has 7 heterocycles. The van der Waals surface area contributed by atoms with Gasteiger partial charge in [-0.05, 0) is 6.92 Å². The van der Waals surface area contributed by atoms with E-state index >= 15 is 4.39 Å². The van der Waals surface area contributed by atoms with E-state index < -0.39 is 84.3 Å². The van der Waals surface area contributed by atoms with Crippen molar-refractivity contribution in [1.82, 2.24) is 49.2 Å². The second-order valence-electron chi connectivity index (χ2n) is 10.2. The number of H-pyrrole nitrogens is 1. The average molecular weight is 692 g/mol. The second kappa shape index (κ2) is 11.0. The number of hydrogen-bond acceptors (Lipinski definition) is 17. The van der Waals surface area contributed by atoms with E-state index in [9.17, 15) is 27.8 Å². The standard InChI is InChI=1S/C20H23FN11O10PS2/c1-6-27-17-11(18(34)28-6)29-30-32(17)20-12(33)14-8(44-20)3-39-43(35,36)41-13-7(2-26-45(37,38)42-14)40-19(9(13)21)31-5-25-10-15(22)23-4-24-16(10)31/h4-5,7-9,12-14,19-20,26,33H,2-3H2,1H3,(H,35,36)(H2,22,23,24)(H,27,28,34). The predicted molar refractivity (Wildman–Crippen MR) is 148 cm³/mol. The lowest BCUT2D eigenvalue weighted by atomic mass is 10.1. The van der Waals surface area contributed by atoms with Crippen molar-refractivity contribution in [3.63, 3.8) is 0 Å². The summed E-state index contributed by atoms with van der Waals surface area (Å²) >= 11 is 0.857. The van der Waals surface area contributed by atoms with Crippen molar-refractivity contribution in [2.45, 2.75) is 54.4 Å². The third-order valence-corrected chi connectivity index (χ3v) is 10.8. The van der Waals surface area contributed by atoms with Crippen LogP contribution in [-0.4, -0.2) is 112 Å². The number of aliphatic hydroxyl groups excluding tert-OH is 1. The fraction of sp³-hybridized carbons (Fsp3) is 0.550. The maximum Gasteiger partial charge on any atom is 0.472 e. The molecule has 7 rings (SSSR count). The summed E-state index contributed by atoms with van der Waals surface area (Å²) in [7, 11) is -9.73. The van der Waals surface area contributed by atoms with Crippen molar-refractivity contribution < 1.29 is 45.3 Å². The normalized spacial score (nSPS) is 35.6. The highest BCUT2D eigenvalue weighted by Crippen LogP contribution is 2.52. The molecule has 3 saturated heterocycles. The number of rotatable bonds is 2. The minimum absolute atomic E-state index is 0.00323. The van der Waals surface area contributed by atoms with Gasteiger partial charge in [0.2, 0.25) is 0 Å². The number of aromatic nitrogens is 9. The lowest BCUT2D eigenvalue weighted by Gasteiger charge is -2.26. The number of nitrogens with two attached hydrogens (primary N) is 1. The minimum atomic E-state index is -5.05. The zero-order chi connectivity index (χ0) is 31.8. The van der Waals surface area contributed by atoms with Crippen LogP contribution in [0.1, 0.15) is 17.4 Å². The number of phosphoric ester groups is 1. The maximum atomic E-state index is 15.9. The number of alkyl halides is 1. The molecule has 6 N–H and O–H groups in total. The van der Waals surface area contributed by atoms with E-state index in [4.69, 9.17) is 23.7 Å². The van der Waals surface area contributed by atoms with E-state index in [1.165, 1.54) is 13.3 Å². The molecule has 4 aromatic heterocycles. The second-order valence-corrected chi connectivity index (χ2v) is 14.4. The largest absolute Gasteiger partial charge is 0.472 e. The molecule has 3 aliphatic rings. The Morgan fingerprint density at radius 3 is 2.82 bits per heavy atom. The van der Waals surface area contributed by atoms with Crippen molar-refractivity contribution in [1.29, 1.82) is 0 Å². The molecule has 4 aromatic rings. The van der Waals surface area contributed by atoms with E-state index in [-0.39, 0.29) is 34.0 Å². The van der Waals surface area contributed by atoms with E-state index in [0.29, 0.717) is 0 Å². The van der Waals surface area contributed by atoms with Crippen molar-refractivity contribution in [2.75, 3.05) is 18.9 Å². The summed E-state index contributed by atoms with van der Waals surface area (Å²) in [5.74, 6) is 0.238. The SMILES string of the molecule is Cc1nc2c(nnn2C2SC3COP(=O)(O)OC4C(CNS(=O)(=O)OC3C2O)OC(n2cnc3c(N)ncnc32)C4F)c(=O)[nH]1. The Hall–Kier alpha value is -3.19. The van der Waals surface area contributed by atoms with Crippen LogP contribution in [0.5, 0.6) is 0 Å². The molecule has 0 bridgehead atoms. The quantitative estimate of drug-likeness (QED) is 0.145. The number of aliphatic hydroxyl groups is 1. The first kappa shape index (κ1) is 30.5. The first-order valence-electron chi connectivity index (χ1n) is 13.0. The number of fused-ring (bicyclic) bond motifs is 4. The first-order valence-corrected chi connectivity index (χ1v) is 16.9. The molecule has 9 unspecified atom stereocenters. The van der Waals surface area contributed by atoms with Crippen LogP contribution in [0.3, 0.4) is 0 Å².